The average Bonchev–Trinajstić information content (AvgIpc) is 3.40. The molecule has 124 valence electrons. The van der Waals surface area contributed by atoms with Gasteiger partial charge in [-0.2, -0.15) is 0 Å². The summed E-state index contributed by atoms with van der Waals surface area (Å²) in [6.07, 6.45) is 0.797. The molecule has 5 heteroatoms. The molecule has 0 radical (unpaired) electrons. The minimum absolute atomic E-state index is 0.102. The highest BCUT2D eigenvalue weighted by molar-refractivity contribution is 9.10. The summed E-state index contributed by atoms with van der Waals surface area (Å²) in [5, 5.41) is 2.84. The van der Waals surface area contributed by atoms with Gasteiger partial charge in [0.15, 0.2) is 6.04 Å². The predicted octanol–water partition coefficient (Wildman–Crippen LogP) is 3.58. The summed E-state index contributed by atoms with van der Waals surface area (Å²) in [5.41, 5.74) is 1.86. The Morgan fingerprint density at radius 1 is 1.17 bits per heavy atom. The first-order valence-electron chi connectivity index (χ1n) is 7.78. The van der Waals surface area contributed by atoms with Gasteiger partial charge in [-0.3, -0.25) is 4.79 Å². The number of hydrogen-bond donors (Lipinski definition) is 1. The fourth-order valence-corrected chi connectivity index (χ4v) is 3.30. The van der Waals surface area contributed by atoms with Crippen molar-refractivity contribution in [2.45, 2.75) is 18.4 Å². The van der Waals surface area contributed by atoms with Crippen molar-refractivity contribution in [3.05, 3.63) is 70.2 Å². The van der Waals surface area contributed by atoms with Crippen molar-refractivity contribution in [1.29, 1.82) is 0 Å². The zero-order valence-electron chi connectivity index (χ0n) is 13.2. The highest BCUT2D eigenvalue weighted by Crippen LogP contribution is 2.48. The lowest BCUT2D eigenvalue weighted by Crippen LogP contribution is -2.35. The topological polar surface area (TPSA) is 55.4 Å². The number of esters is 1. The van der Waals surface area contributed by atoms with Gasteiger partial charge in [0.1, 0.15) is 0 Å². The zero-order valence-corrected chi connectivity index (χ0v) is 14.8. The molecule has 0 aliphatic heterocycles. The quantitative estimate of drug-likeness (QED) is 0.797. The van der Waals surface area contributed by atoms with Gasteiger partial charge in [-0.05, 0) is 35.6 Å². The van der Waals surface area contributed by atoms with E-state index in [1.165, 1.54) is 7.11 Å². The molecule has 1 aliphatic rings. The molecule has 1 N–H and O–H groups in total. The van der Waals surface area contributed by atoms with Gasteiger partial charge in [0, 0.05) is 10.4 Å². The Balaban J connectivity index is 1.70. The van der Waals surface area contributed by atoms with Crippen molar-refractivity contribution in [3.63, 3.8) is 0 Å². The average molecular weight is 388 g/mol. The molecule has 3 rings (SSSR count). The van der Waals surface area contributed by atoms with Gasteiger partial charge in [0.05, 0.1) is 7.11 Å². The number of amides is 1. The molecule has 0 heterocycles. The summed E-state index contributed by atoms with van der Waals surface area (Å²) < 4.78 is 5.84. The summed E-state index contributed by atoms with van der Waals surface area (Å²) in [5.74, 6) is -0.472. The van der Waals surface area contributed by atoms with E-state index in [4.69, 9.17) is 4.74 Å². The van der Waals surface area contributed by atoms with E-state index in [0.717, 1.165) is 22.0 Å². The summed E-state index contributed by atoms with van der Waals surface area (Å²) in [6.45, 7) is 0. The molecule has 3 unspecified atom stereocenters. The van der Waals surface area contributed by atoms with Crippen molar-refractivity contribution in [2.24, 2.45) is 5.92 Å². The number of carbonyl (C=O) groups is 2. The molecule has 0 spiro atoms. The second-order valence-electron chi connectivity index (χ2n) is 5.88. The first-order chi connectivity index (χ1) is 11.6. The van der Waals surface area contributed by atoms with Crippen molar-refractivity contribution in [2.75, 3.05) is 7.11 Å². The smallest absolute Gasteiger partial charge is 0.333 e. The minimum Gasteiger partial charge on any atom is -0.467 e. The number of benzene rings is 2. The zero-order chi connectivity index (χ0) is 17.1. The largest absolute Gasteiger partial charge is 0.467 e. The number of hydrogen-bond acceptors (Lipinski definition) is 3. The lowest BCUT2D eigenvalue weighted by molar-refractivity contribution is -0.145. The summed E-state index contributed by atoms with van der Waals surface area (Å²) in [4.78, 5) is 24.6. The van der Waals surface area contributed by atoms with E-state index in [9.17, 15) is 9.59 Å². The van der Waals surface area contributed by atoms with Crippen molar-refractivity contribution in [1.82, 2.24) is 5.32 Å². The van der Waals surface area contributed by atoms with E-state index in [2.05, 4.69) is 21.2 Å². The molecule has 0 aromatic heterocycles. The lowest BCUT2D eigenvalue weighted by atomic mass is 10.1. The van der Waals surface area contributed by atoms with Crippen molar-refractivity contribution >= 4 is 27.8 Å². The van der Waals surface area contributed by atoms with E-state index in [0.29, 0.717) is 0 Å². The maximum atomic E-state index is 12.5. The van der Waals surface area contributed by atoms with Gasteiger partial charge >= 0.3 is 5.97 Å². The molecular formula is C19H18BrNO3. The SMILES string of the molecule is COC(=O)C(NC(=O)C1CC1c1cccc(Br)c1)c1ccccc1. The van der Waals surface area contributed by atoms with Gasteiger partial charge in [-0.15, -0.1) is 0 Å². The second kappa shape index (κ2) is 7.18. The second-order valence-corrected chi connectivity index (χ2v) is 6.79. The van der Waals surface area contributed by atoms with E-state index in [-0.39, 0.29) is 17.7 Å². The van der Waals surface area contributed by atoms with Gasteiger partial charge in [0.25, 0.3) is 0 Å². The maximum Gasteiger partial charge on any atom is 0.333 e. The number of halogens is 1. The van der Waals surface area contributed by atoms with Crippen LogP contribution in [0.4, 0.5) is 0 Å². The van der Waals surface area contributed by atoms with Crippen LogP contribution >= 0.6 is 15.9 Å². The van der Waals surface area contributed by atoms with Crippen LogP contribution in [0.5, 0.6) is 0 Å². The number of ether oxygens (including phenoxy) is 1. The molecule has 2 aromatic rings. The Labute approximate surface area is 149 Å². The number of nitrogens with one attached hydrogen (secondary N) is 1. The highest BCUT2D eigenvalue weighted by Gasteiger charge is 2.45. The maximum absolute atomic E-state index is 12.5. The molecule has 0 saturated heterocycles. The van der Waals surface area contributed by atoms with Crippen LogP contribution < -0.4 is 5.32 Å². The van der Waals surface area contributed by atoms with Crippen LogP contribution in [0.15, 0.2) is 59.1 Å². The van der Waals surface area contributed by atoms with Gasteiger partial charge < -0.3 is 10.1 Å². The molecular weight excluding hydrogens is 370 g/mol. The van der Waals surface area contributed by atoms with Crippen LogP contribution in [0.1, 0.15) is 29.5 Å². The minimum atomic E-state index is -0.771. The molecule has 4 nitrogen and oxygen atoms in total. The molecule has 3 atom stereocenters. The third kappa shape index (κ3) is 3.67. The molecule has 1 saturated carbocycles. The summed E-state index contributed by atoms with van der Waals surface area (Å²) >= 11 is 3.45. The summed E-state index contributed by atoms with van der Waals surface area (Å²) in [6, 6.07) is 16.4. The highest BCUT2D eigenvalue weighted by atomic mass is 79.9. The standard InChI is InChI=1S/C19H18BrNO3/c1-24-19(23)17(12-6-3-2-4-7-12)21-18(22)16-11-15(16)13-8-5-9-14(20)10-13/h2-10,15-17H,11H2,1H3,(H,21,22). The monoisotopic (exact) mass is 387 g/mol. The van der Waals surface area contributed by atoms with Crippen LogP contribution in [-0.2, 0) is 14.3 Å². The van der Waals surface area contributed by atoms with Crippen LogP contribution in [0.2, 0.25) is 0 Å². The Morgan fingerprint density at radius 3 is 2.58 bits per heavy atom. The lowest BCUT2D eigenvalue weighted by Gasteiger charge is -2.17. The number of carbonyl (C=O) groups excluding carboxylic acids is 2. The fourth-order valence-electron chi connectivity index (χ4n) is 2.88. The predicted molar refractivity (Wildman–Crippen MR) is 94.3 cm³/mol. The first kappa shape index (κ1) is 16.7. The van der Waals surface area contributed by atoms with Crippen LogP contribution in [-0.4, -0.2) is 19.0 Å². The molecule has 1 fully saturated rings. The van der Waals surface area contributed by atoms with Crippen LogP contribution in [0.25, 0.3) is 0 Å². The van der Waals surface area contributed by atoms with Gasteiger partial charge in [0.2, 0.25) is 5.91 Å². The van der Waals surface area contributed by atoms with E-state index in [1.807, 2.05) is 42.5 Å². The van der Waals surface area contributed by atoms with Gasteiger partial charge in [-0.1, -0.05) is 58.4 Å². The van der Waals surface area contributed by atoms with E-state index >= 15 is 0 Å². The number of methoxy groups -OCH3 is 1. The Hall–Kier alpha value is -2.14. The Morgan fingerprint density at radius 2 is 1.92 bits per heavy atom. The normalized spacial score (nSPS) is 20.1. The van der Waals surface area contributed by atoms with Crippen molar-refractivity contribution < 1.29 is 14.3 Å². The van der Waals surface area contributed by atoms with Crippen LogP contribution in [0.3, 0.4) is 0 Å². The molecule has 1 aliphatic carbocycles. The fraction of sp³-hybridized carbons (Fsp3) is 0.263. The first-order valence-corrected chi connectivity index (χ1v) is 8.58. The van der Waals surface area contributed by atoms with E-state index < -0.39 is 12.0 Å². The third-order valence-electron chi connectivity index (χ3n) is 4.26. The van der Waals surface area contributed by atoms with E-state index in [1.54, 1.807) is 12.1 Å². The molecule has 1 amide bonds. The Kier molecular flexibility index (Phi) is 5.00. The van der Waals surface area contributed by atoms with Crippen molar-refractivity contribution in [3.8, 4) is 0 Å². The van der Waals surface area contributed by atoms with Gasteiger partial charge in [-0.25, -0.2) is 4.79 Å². The third-order valence-corrected chi connectivity index (χ3v) is 4.75. The molecule has 0 bridgehead atoms. The van der Waals surface area contributed by atoms with Crippen LogP contribution in [0, 0.1) is 5.92 Å². The number of rotatable bonds is 5. The molecule has 24 heavy (non-hydrogen) atoms. The summed E-state index contributed by atoms with van der Waals surface area (Å²) in [7, 11) is 1.33. The Bertz CT molecular complexity index is 747. The molecule has 2 aromatic carbocycles.